The van der Waals surface area contributed by atoms with Gasteiger partial charge in [-0.3, -0.25) is 9.48 Å². The molecule has 1 saturated heterocycles. The zero-order valence-corrected chi connectivity index (χ0v) is 21.3. The van der Waals surface area contributed by atoms with Gasteiger partial charge in [-0.25, -0.2) is 4.98 Å². The summed E-state index contributed by atoms with van der Waals surface area (Å²) in [7, 11) is 0. The number of amides is 1. The van der Waals surface area contributed by atoms with Crippen molar-refractivity contribution in [3.8, 4) is 17.2 Å². The van der Waals surface area contributed by atoms with Crippen LogP contribution in [-0.4, -0.2) is 51.5 Å². The predicted molar refractivity (Wildman–Crippen MR) is 145 cm³/mol. The molecule has 0 radical (unpaired) electrons. The largest absolute Gasteiger partial charge is 0.381 e. The molecule has 2 fully saturated rings. The molecule has 1 aliphatic carbocycles. The number of anilines is 3. The van der Waals surface area contributed by atoms with Gasteiger partial charge in [0.25, 0.3) is 0 Å². The maximum Gasteiger partial charge on any atom is 0.243 e. The molecule has 1 aliphatic heterocycles. The third-order valence-corrected chi connectivity index (χ3v) is 7.17. The lowest BCUT2D eigenvalue weighted by Gasteiger charge is -2.22. The Morgan fingerprint density at radius 1 is 1.18 bits per heavy atom. The molecule has 3 heterocycles. The third-order valence-electron chi connectivity index (χ3n) is 7.17. The van der Waals surface area contributed by atoms with Crippen LogP contribution in [0.3, 0.4) is 0 Å². The van der Waals surface area contributed by atoms with Crippen LogP contribution in [0.5, 0.6) is 0 Å². The summed E-state index contributed by atoms with van der Waals surface area (Å²) in [5, 5.41) is 23.5. The second-order valence-corrected chi connectivity index (χ2v) is 9.79. The summed E-state index contributed by atoms with van der Waals surface area (Å²) in [5.41, 5.74) is 3.23. The van der Waals surface area contributed by atoms with E-state index >= 15 is 0 Å². The van der Waals surface area contributed by atoms with Crippen molar-refractivity contribution in [3.05, 3.63) is 61.1 Å². The van der Waals surface area contributed by atoms with Crippen molar-refractivity contribution in [2.24, 2.45) is 5.92 Å². The fourth-order valence-corrected chi connectivity index (χ4v) is 5.05. The molecule has 10 heteroatoms. The fourth-order valence-electron chi connectivity index (χ4n) is 5.05. The molecule has 1 amide bonds. The van der Waals surface area contributed by atoms with E-state index in [1.54, 1.807) is 12.1 Å². The number of rotatable bonds is 9. The molecule has 0 bridgehead atoms. The Labute approximate surface area is 222 Å². The Balaban J connectivity index is 1.36. The summed E-state index contributed by atoms with van der Waals surface area (Å²) in [6.45, 7) is 5.67. The minimum Gasteiger partial charge on any atom is -0.381 e. The van der Waals surface area contributed by atoms with Gasteiger partial charge in [-0.2, -0.15) is 15.3 Å². The molecule has 3 aromatic rings. The van der Waals surface area contributed by atoms with Crippen molar-refractivity contribution in [1.29, 1.82) is 5.26 Å². The summed E-state index contributed by atoms with van der Waals surface area (Å²) < 4.78 is 7.53. The number of hydrogen-bond acceptors (Lipinski definition) is 8. The van der Waals surface area contributed by atoms with Crippen molar-refractivity contribution in [3.63, 3.8) is 0 Å². The van der Waals surface area contributed by atoms with Crippen molar-refractivity contribution in [2.45, 2.75) is 44.2 Å². The van der Waals surface area contributed by atoms with Crippen LogP contribution in [-0.2, 0) is 9.53 Å². The molecule has 2 aromatic heterocycles. The second kappa shape index (κ2) is 11.9. The number of nitrogens with one attached hydrogen (secondary N) is 3. The van der Waals surface area contributed by atoms with Gasteiger partial charge in [0.1, 0.15) is 5.82 Å². The lowest BCUT2D eigenvalue weighted by molar-refractivity contribution is -0.116. The summed E-state index contributed by atoms with van der Waals surface area (Å²) in [4.78, 5) is 21.0. The zero-order chi connectivity index (χ0) is 26.3. The third kappa shape index (κ3) is 6.18. The van der Waals surface area contributed by atoms with E-state index in [1.165, 1.54) is 6.08 Å². The van der Waals surface area contributed by atoms with Gasteiger partial charge >= 0.3 is 0 Å². The summed E-state index contributed by atoms with van der Waals surface area (Å²) >= 11 is 0. The van der Waals surface area contributed by atoms with E-state index in [4.69, 9.17) is 15.0 Å². The van der Waals surface area contributed by atoms with Crippen LogP contribution in [0.4, 0.5) is 17.5 Å². The smallest absolute Gasteiger partial charge is 0.243 e. The molecule has 5 rings (SSSR count). The van der Waals surface area contributed by atoms with Crippen LogP contribution in [0.2, 0.25) is 0 Å². The Hall–Kier alpha value is -4.23. The molecule has 2 aliphatic rings. The summed E-state index contributed by atoms with van der Waals surface area (Å²) in [5.74, 6) is 1.46. The van der Waals surface area contributed by atoms with Crippen LogP contribution in [0.1, 0.15) is 43.7 Å². The standard InChI is InChI=1S/C28H32N8O2/c1-2-26(37)30-15-20-5-8-23(13-20)33-27-25(21-16-32-36(18-21)24-9-11-38-12-10-24)17-31-28(35-27)34-22-6-3-19(14-29)4-7-22/h2-4,6-7,16-18,20,23-24H,1,5,8-13,15H2,(H,30,37)(H2,31,33,34,35). The zero-order valence-electron chi connectivity index (χ0n) is 21.3. The first-order valence-corrected chi connectivity index (χ1v) is 13.0. The molecular formula is C28H32N8O2. The van der Waals surface area contributed by atoms with E-state index in [1.807, 2.05) is 29.2 Å². The van der Waals surface area contributed by atoms with E-state index in [9.17, 15) is 4.79 Å². The normalized spacial score (nSPS) is 19.4. The maximum atomic E-state index is 11.6. The van der Waals surface area contributed by atoms with Gasteiger partial charge in [0.2, 0.25) is 11.9 Å². The first kappa shape index (κ1) is 25.4. The molecule has 196 valence electrons. The summed E-state index contributed by atoms with van der Waals surface area (Å²) in [6.07, 6.45) is 11.9. The number of nitrogens with zero attached hydrogens (tertiary/aromatic N) is 5. The lowest BCUT2D eigenvalue weighted by atomic mass is 10.1. The Morgan fingerprint density at radius 3 is 2.76 bits per heavy atom. The average Bonchev–Trinajstić information content (AvgIpc) is 3.63. The first-order valence-electron chi connectivity index (χ1n) is 13.0. The van der Waals surface area contributed by atoms with Crippen molar-refractivity contribution < 1.29 is 9.53 Å². The number of carbonyl (C=O) groups is 1. The van der Waals surface area contributed by atoms with Crippen molar-refractivity contribution in [1.82, 2.24) is 25.1 Å². The number of hydrogen-bond donors (Lipinski definition) is 3. The second-order valence-electron chi connectivity index (χ2n) is 9.79. The molecule has 1 saturated carbocycles. The molecule has 0 spiro atoms. The van der Waals surface area contributed by atoms with E-state index in [2.05, 4.69) is 44.9 Å². The topological polar surface area (TPSA) is 130 Å². The molecule has 38 heavy (non-hydrogen) atoms. The molecule has 1 aromatic carbocycles. The van der Waals surface area contributed by atoms with Crippen LogP contribution < -0.4 is 16.0 Å². The number of ether oxygens (including phenoxy) is 1. The maximum absolute atomic E-state index is 11.6. The average molecular weight is 513 g/mol. The number of benzene rings is 1. The van der Waals surface area contributed by atoms with Gasteiger partial charge < -0.3 is 20.7 Å². The lowest BCUT2D eigenvalue weighted by Crippen LogP contribution is -2.27. The summed E-state index contributed by atoms with van der Waals surface area (Å²) in [6, 6.07) is 9.86. The fraction of sp³-hybridized carbons (Fsp3) is 0.393. The SMILES string of the molecule is C=CC(=O)NCC1CCC(Nc2nc(Nc3ccc(C#N)cc3)ncc2-c2cnn(C3CCOCC3)c2)C1. The van der Waals surface area contributed by atoms with Crippen molar-refractivity contribution in [2.75, 3.05) is 30.4 Å². The number of nitriles is 1. The molecular weight excluding hydrogens is 480 g/mol. The van der Waals surface area contributed by atoms with E-state index in [0.29, 0.717) is 30.0 Å². The Kier molecular flexibility index (Phi) is 7.95. The van der Waals surface area contributed by atoms with Crippen LogP contribution in [0, 0.1) is 17.2 Å². The molecule has 3 N–H and O–H groups in total. The van der Waals surface area contributed by atoms with Crippen LogP contribution in [0.25, 0.3) is 11.1 Å². The molecule has 10 nitrogen and oxygen atoms in total. The quantitative estimate of drug-likeness (QED) is 0.364. The molecule has 2 atom stereocenters. The van der Waals surface area contributed by atoms with Gasteiger partial charge in [0.15, 0.2) is 0 Å². The van der Waals surface area contributed by atoms with Crippen LogP contribution >= 0.6 is 0 Å². The van der Waals surface area contributed by atoms with Crippen molar-refractivity contribution >= 4 is 23.4 Å². The van der Waals surface area contributed by atoms with Gasteiger partial charge in [0.05, 0.1) is 23.9 Å². The predicted octanol–water partition coefficient (Wildman–Crippen LogP) is 4.19. The minimum absolute atomic E-state index is 0.139. The number of carbonyl (C=O) groups excluding carboxylic acids is 1. The molecule has 2 unspecified atom stereocenters. The first-order chi connectivity index (χ1) is 18.6. The van der Waals surface area contributed by atoms with Crippen LogP contribution in [0.15, 0.2) is 55.5 Å². The highest BCUT2D eigenvalue weighted by Gasteiger charge is 2.26. The monoisotopic (exact) mass is 512 g/mol. The Bertz CT molecular complexity index is 1310. The van der Waals surface area contributed by atoms with Gasteiger partial charge in [-0.05, 0) is 68.4 Å². The highest BCUT2D eigenvalue weighted by atomic mass is 16.5. The van der Waals surface area contributed by atoms with Gasteiger partial charge in [0, 0.05) is 55.0 Å². The highest BCUT2D eigenvalue weighted by Crippen LogP contribution is 2.33. The van der Waals surface area contributed by atoms with E-state index in [-0.39, 0.29) is 11.9 Å². The van der Waals surface area contributed by atoms with Gasteiger partial charge in [-0.15, -0.1) is 0 Å². The van der Waals surface area contributed by atoms with E-state index < -0.39 is 0 Å². The highest BCUT2D eigenvalue weighted by molar-refractivity contribution is 5.86. The minimum atomic E-state index is -0.139. The van der Waals surface area contributed by atoms with Gasteiger partial charge in [-0.1, -0.05) is 6.58 Å². The van der Waals surface area contributed by atoms with E-state index in [0.717, 1.165) is 68.0 Å². The Morgan fingerprint density at radius 2 is 2.00 bits per heavy atom. The number of aromatic nitrogens is 4.